The third kappa shape index (κ3) is 4.85. The number of rotatable bonds is 4. The number of carbonyl (C=O) groups excluding carboxylic acids is 1. The average Bonchev–Trinajstić information content (AvgIpc) is 2.46. The minimum absolute atomic E-state index is 0.226. The van der Waals surface area contributed by atoms with E-state index in [9.17, 15) is 4.79 Å². The Morgan fingerprint density at radius 1 is 0.900 bits per heavy atom. The van der Waals surface area contributed by atoms with Crippen LogP contribution < -0.4 is 0 Å². The Labute approximate surface area is 132 Å². The van der Waals surface area contributed by atoms with Crippen molar-refractivity contribution in [1.29, 1.82) is 0 Å². The van der Waals surface area contributed by atoms with Crippen LogP contribution >= 0.6 is 22.6 Å². The Bertz CT molecular complexity index is 510. The van der Waals surface area contributed by atoms with E-state index < -0.39 is 6.16 Å². The van der Waals surface area contributed by atoms with Gasteiger partial charge in [0.1, 0.15) is 13.2 Å². The van der Waals surface area contributed by atoms with Gasteiger partial charge >= 0.3 is 6.16 Å². The number of hydrogen-bond acceptors (Lipinski definition) is 3. The van der Waals surface area contributed by atoms with Gasteiger partial charge in [-0.3, -0.25) is 0 Å². The molecule has 0 saturated carbocycles. The van der Waals surface area contributed by atoms with Crippen molar-refractivity contribution in [2.45, 2.75) is 20.1 Å². The molecule has 0 amide bonds. The first kappa shape index (κ1) is 14.8. The Hall–Kier alpha value is -1.56. The molecule has 0 saturated heterocycles. The van der Waals surface area contributed by atoms with Crippen molar-refractivity contribution < 1.29 is 14.3 Å². The molecule has 3 nitrogen and oxygen atoms in total. The van der Waals surface area contributed by atoms with Crippen molar-refractivity contribution in [2.75, 3.05) is 0 Å². The van der Waals surface area contributed by atoms with Crippen molar-refractivity contribution in [3.8, 4) is 0 Å². The van der Waals surface area contributed by atoms with Crippen LogP contribution in [-0.4, -0.2) is 6.16 Å². The van der Waals surface area contributed by atoms with Gasteiger partial charge in [-0.25, -0.2) is 4.79 Å². The largest absolute Gasteiger partial charge is 0.508 e. The number of benzene rings is 2. The molecule has 104 valence electrons. The Morgan fingerprint density at radius 2 is 1.35 bits per heavy atom. The Balaban J connectivity index is 1.75. The zero-order valence-corrected chi connectivity index (χ0v) is 13.3. The summed E-state index contributed by atoms with van der Waals surface area (Å²) in [6, 6.07) is 15.6. The molecule has 0 radical (unpaired) electrons. The van der Waals surface area contributed by atoms with Crippen LogP contribution in [0.4, 0.5) is 4.79 Å². The molecule has 4 heteroatoms. The van der Waals surface area contributed by atoms with E-state index in [0.717, 1.165) is 14.7 Å². The summed E-state index contributed by atoms with van der Waals surface area (Å²) < 4.78 is 11.2. The number of aryl methyl sites for hydroxylation is 1. The first-order valence-electron chi connectivity index (χ1n) is 6.23. The fourth-order valence-electron chi connectivity index (χ4n) is 1.59. The predicted molar refractivity (Wildman–Crippen MR) is 85.3 cm³/mol. The summed E-state index contributed by atoms with van der Waals surface area (Å²) in [4.78, 5) is 11.5. The zero-order valence-electron chi connectivity index (χ0n) is 11.1. The second kappa shape index (κ2) is 7.28. The lowest BCUT2D eigenvalue weighted by atomic mass is 10.2. The highest BCUT2D eigenvalue weighted by molar-refractivity contribution is 14.1. The molecule has 0 fully saturated rings. The maximum atomic E-state index is 11.5. The Kier molecular flexibility index (Phi) is 5.40. The lowest BCUT2D eigenvalue weighted by Crippen LogP contribution is -2.07. The minimum atomic E-state index is -0.649. The molecule has 0 spiro atoms. The van der Waals surface area contributed by atoms with E-state index >= 15 is 0 Å². The van der Waals surface area contributed by atoms with E-state index in [2.05, 4.69) is 22.6 Å². The second-order valence-corrected chi connectivity index (χ2v) is 5.69. The molecule has 2 aromatic carbocycles. The summed E-state index contributed by atoms with van der Waals surface area (Å²) >= 11 is 2.23. The van der Waals surface area contributed by atoms with E-state index in [1.54, 1.807) is 0 Å². The van der Waals surface area contributed by atoms with E-state index in [1.165, 1.54) is 5.56 Å². The van der Waals surface area contributed by atoms with Crippen LogP contribution in [0.25, 0.3) is 0 Å². The Morgan fingerprint density at radius 3 is 1.85 bits per heavy atom. The quantitative estimate of drug-likeness (QED) is 0.579. The second-order valence-electron chi connectivity index (χ2n) is 4.44. The summed E-state index contributed by atoms with van der Waals surface area (Å²) in [6.07, 6.45) is -0.649. The van der Waals surface area contributed by atoms with Gasteiger partial charge in [-0.1, -0.05) is 42.0 Å². The summed E-state index contributed by atoms with van der Waals surface area (Å²) in [5.41, 5.74) is 3.06. The van der Waals surface area contributed by atoms with Gasteiger partial charge in [0.05, 0.1) is 0 Å². The normalized spacial score (nSPS) is 10.1. The molecule has 0 unspecified atom stereocenters. The maximum absolute atomic E-state index is 11.5. The number of hydrogen-bond donors (Lipinski definition) is 0. The van der Waals surface area contributed by atoms with Crippen LogP contribution in [0.5, 0.6) is 0 Å². The summed E-state index contributed by atoms with van der Waals surface area (Å²) in [5.74, 6) is 0. The molecule has 0 atom stereocenters. The highest BCUT2D eigenvalue weighted by Gasteiger charge is 2.05. The van der Waals surface area contributed by atoms with Gasteiger partial charge in [0.25, 0.3) is 0 Å². The lowest BCUT2D eigenvalue weighted by Gasteiger charge is -2.07. The molecule has 0 bridgehead atoms. The SMILES string of the molecule is Cc1ccc(COC(=O)OCc2ccc(I)cc2)cc1. The van der Waals surface area contributed by atoms with Gasteiger partial charge in [-0.2, -0.15) is 0 Å². The lowest BCUT2D eigenvalue weighted by molar-refractivity contribution is 0.0446. The smallest absolute Gasteiger partial charge is 0.429 e. The summed E-state index contributed by atoms with van der Waals surface area (Å²) in [6.45, 7) is 2.47. The third-order valence-corrected chi connectivity index (χ3v) is 3.47. The molecule has 0 heterocycles. The van der Waals surface area contributed by atoms with Crippen molar-refractivity contribution in [2.24, 2.45) is 0 Å². The third-order valence-electron chi connectivity index (χ3n) is 2.75. The van der Waals surface area contributed by atoms with Crippen LogP contribution in [0, 0.1) is 10.5 Å². The molecular formula is C16H15IO3. The summed E-state index contributed by atoms with van der Waals surface area (Å²) in [7, 11) is 0. The van der Waals surface area contributed by atoms with E-state index in [1.807, 2.05) is 55.5 Å². The molecule has 0 aliphatic heterocycles. The fourth-order valence-corrected chi connectivity index (χ4v) is 1.95. The van der Waals surface area contributed by atoms with Crippen LogP contribution in [0.3, 0.4) is 0 Å². The van der Waals surface area contributed by atoms with Crippen molar-refractivity contribution in [3.63, 3.8) is 0 Å². The topological polar surface area (TPSA) is 35.5 Å². The maximum Gasteiger partial charge on any atom is 0.508 e. The van der Waals surface area contributed by atoms with Gasteiger partial charge in [0, 0.05) is 3.57 Å². The van der Waals surface area contributed by atoms with E-state index in [0.29, 0.717) is 0 Å². The molecule has 0 aromatic heterocycles. The highest BCUT2D eigenvalue weighted by atomic mass is 127. The summed E-state index contributed by atoms with van der Waals surface area (Å²) in [5, 5.41) is 0. The standard InChI is InChI=1S/C16H15IO3/c1-12-2-4-13(5-3-12)10-19-16(18)20-11-14-6-8-15(17)9-7-14/h2-9H,10-11H2,1H3. The molecular weight excluding hydrogens is 367 g/mol. The van der Waals surface area contributed by atoms with Gasteiger partial charge in [0.2, 0.25) is 0 Å². The first-order chi connectivity index (χ1) is 9.63. The fraction of sp³-hybridized carbons (Fsp3) is 0.188. The van der Waals surface area contributed by atoms with Crippen LogP contribution in [0.2, 0.25) is 0 Å². The average molecular weight is 382 g/mol. The van der Waals surface area contributed by atoms with Gasteiger partial charge < -0.3 is 9.47 Å². The van der Waals surface area contributed by atoms with Crippen molar-refractivity contribution in [3.05, 3.63) is 68.8 Å². The minimum Gasteiger partial charge on any atom is -0.429 e. The van der Waals surface area contributed by atoms with Crippen LogP contribution in [-0.2, 0) is 22.7 Å². The van der Waals surface area contributed by atoms with Crippen molar-refractivity contribution >= 4 is 28.7 Å². The van der Waals surface area contributed by atoms with E-state index in [-0.39, 0.29) is 13.2 Å². The predicted octanol–water partition coefficient (Wildman–Crippen LogP) is 4.45. The molecule has 0 aliphatic carbocycles. The first-order valence-corrected chi connectivity index (χ1v) is 7.31. The molecule has 2 rings (SSSR count). The number of ether oxygens (including phenoxy) is 2. The molecule has 0 aliphatic rings. The number of halogens is 1. The van der Waals surface area contributed by atoms with E-state index in [4.69, 9.17) is 9.47 Å². The zero-order chi connectivity index (χ0) is 14.4. The van der Waals surface area contributed by atoms with Crippen molar-refractivity contribution in [1.82, 2.24) is 0 Å². The molecule has 2 aromatic rings. The molecule has 0 N–H and O–H groups in total. The number of carbonyl (C=O) groups is 1. The monoisotopic (exact) mass is 382 g/mol. The van der Waals surface area contributed by atoms with Crippen LogP contribution in [0.15, 0.2) is 48.5 Å². The van der Waals surface area contributed by atoms with Gasteiger partial charge in [-0.15, -0.1) is 0 Å². The van der Waals surface area contributed by atoms with Crippen LogP contribution in [0.1, 0.15) is 16.7 Å². The van der Waals surface area contributed by atoms with Gasteiger partial charge in [-0.05, 0) is 52.8 Å². The molecule has 20 heavy (non-hydrogen) atoms. The van der Waals surface area contributed by atoms with Gasteiger partial charge in [0.15, 0.2) is 0 Å². The highest BCUT2D eigenvalue weighted by Crippen LogP contribution is 2.09.